The van der Waals surface area contributed by atoms with Crippen molar-refractivity contribution in [3.8, 4) is 17.2 Å². The molecular formula is C19H20N4O7. The third-order valence-electron chi connectivity index (χ3n) is 3.94. The molecule has 2 aromatic rings. The van der Waals surface area contributed by atoms with Crippen LogP contribution in [0.5, 0.6) is 17.2 Å². The van der Waals surface area contributed by atoms with Gasteiger partial charge in [0, 0.05) is 17.7 Å². The predicted molar refractivity (Wildman–Crippen MR) is 107 cm³/mol. The lowest BCUT2D eigenvalue weighted by atomic mass is 10.1. The zero-order valence-electron chi connectivity index (χ0n) is 16.4. The summed E-state index contributed by atoms with van der Waals surface area (Å²) in [5.74, 6) is 4.50. The van der Waals surface area contributed by atoms with Gasteiger partial charge in [0.05, 0.1) is 26.3 Å². The molecule has 2 aromatic carbocycles. The van der Waals surface area contributed by atoms with Crippen LogP contribution >= 0.6 is 0 Å². The smallest absolute Gasteiger partial charge is 0.281 e. The van der Waals surface area contributed by atoms with Gasteiger partial charge >= 0.3 is 0 Å². The number of nitrogens with one attached hydrogen (secondary N) is 2. The normalized spacial score (nSPS) is 10.7. The highest BCUT2D eigenvalue weighted by Gasteiger charge is 2.19. The molecule has 0 heterocycles. The second-order valence-electron chi connectivity index (χ2n) is 5.75. The Morgan fingerprint density at radius 1 is 1.07 bits per heavy atom. The van der Waals surface area contributed by atoms with Gasteiger partial charge in [0.25, 0.3) is 17.5 Å². The number of non-ortho nitro benzene ring substituents is 1. The van der Waals surface area contributed by atoms with E-state index in [2.05, 4.69) is 5.32 Å². The highest BCUT2D eigenvalue weighted by atomic mass is 16.6. The maximum absolute atomic E-state index is 12.7. The van der Waals surface area contributed by atoms with Crippen molar-refractivity contribution in [2.24, 2.45) is 5.84 Å². The molecule has 0 aromatic heterocycles. The largest absolute Gasteiger partial charge is 0.493 e. The lowest BCUT2D eigenvalue weighted by Gasteiger charge is -2.14. The maximum Gasteiger partial charge on any atom is 0.281 e. The second-order valence-corrected chi connectivity index (χ2v) is 5.75. The summed E-state index contributed by atoms with van der Waals surface area (Å²) < 4.78 is 15.6. The standard InChI is InChI=1S/C19H20N4O7/c1-28-15-9-12(10-16(29-2)17(15)30-3)18(24)21-14(19(25)22-20)8-11-5-4-6-13(7-11)23(26)27/h4-10H,20H2,1-3H3,(H,21,24)(H,22,25)/b14-8+. The van der Waals surface area contributed by atoms with Crippen molar-refractivity contribution < 1.29 is 28.7 Å². The number of rotatable bonds is 8. The van der Waals surface area contributed by atoms with Crippen molar-refractivity contribution >= 4 is 23.6 Å². The number of amides is 2. The van der Waals surface area contributed by atoms with E-state index in [0.717, 1.165) is 0 Å². The number of hydrogen-bond acceptors (Lipinski definition) is 8. The molecule has 0 aliphatic carbocycles. The number of ether oxygens (including phenoxy) is 3. The first-order valence-electron chi connectivity index (χ1n) is 8.43. The SMILES string of the molecule is COc1cc(C(=O)N/C(=C/c2cccc([N+](=O)[O-])c2)C(=O)NN)cc(OC)c1OC. The molecule has 0 aliphatic rings. The Morgan fingerprint density at radius 3 is 2.20 bits per heavy atom. The van der Waals surface area contributed by atoms with Crippen LogP contribution in [0.15, 0.2) is 42.1 Å². The zero-order valence-corrected chi connectivity index (χ0v) is 16.4. The molecular weight excluding hydrogens is 396 g/mol. The summed E-state index contributed by atoms with van der Waals surface area (Å²) in [4.78, 5) is 35.2. The van der Waals surface area contributed by atoms with Crippen LogP contribution in [-0.2, 0) is 4.79 Å². The van der Waals surface area contributed by atoms with E-state index < -0.39 is 16.7 Å². The fraction of sp³-hybridized carbons (Fsp3) is 0.158. The van der Waals surface area contributed by atoms with E-state index >= 15 is 0 Å². The highest BCUT2D eigenvalue weighted by Crippen LogP contribution is 2.38. The van der Waals surface area contributed by atoms with Crippen molar-refractivity contribution in [1.82, 2.24) is 10.7 Å². The number of benzene rings is 2. The van der Waals surface area contributed by atoms with Gasteiger partial charge in [-0.3, -0.25) is 25.1 Å². The van der Waals surface area contributed by atoms with Gasteiger partial charge in [0.2, 0.25) is 5.75 Å². The molecule has 0 unspecified atom stereocenters. The highest BCUT2D eigenvalue weighted by molar-refractivity contribution is 6.05. The third-order valence-corrected chi connectivity index (χ3v) is 3.94. The molecule has 2 amide bonds. The predicted octanol–water partition coefficient (Wildman–Crippen LogP) is 1.38. The van der Waals surface area contributed by atoms with Crippen LogP contribution in [0, 0.1) is 10.1 Å². The Morgan fingerprint density at radius 2 is 1.70 bits per heavy atom. The molecule has 30 heavy (non-hydrogen) atoms. The van der Waals surface area contributed by atoms with E-state index in [-0.39, 0.29) is 28.4 Å². The van der Waals surface area contributed by atoms with Gasteiger partial charge in [-0.2, -0.15) is 0 Å². The average molecular weight is 416 g/mol. The number of hydrogen-bond donors (Lipinski definition) is 3. The Balaban J connectivity index is 2.42. The minimum Gasteiger partial charge on any atom is -0.493 e. The van der Waals surface area contributed by atoms with Gasteiger partial charge in [-0.25, -0.2) is 5.84 Å². The number of carbonyl (C=O) groups excluding carboxylic acids is 2. The Labute approximate surface area is 171 Å². The van der Waals surface area contributed by atoms with Crippen LogP contribution in [0.2, 0.25) is 0 Å². The number of carbonyl (C=O) groups is 2. The average Bonchev–Trinajstić information content (AvgIpc) is 2.76. The van der Waals surface area contributed by atoms with Gasteiger partial charge in [0.15, 0.2) is 11.5 Å². The van der Waals surface area contributed by atoms with E-state index in [4.69, 9.17) is 20.1 Å². The van der Waals surface area contributed by atoms with Crippen molar-refractivity contribution in [1.29, 1.82) is 0 Å². The van der Waals surface area contributed by atoms with Crippen LogP contribution in [0.4, 0.5) is 5.69 Å². The van der Waals surface area contributed by atoms with E-state index in [0.29, 0.717) is 11.3 Å². The molecule has 0 saturated carbocycles. The van der Waals surface area contributed by atoms with Crippen LogP contribution in [-0.4, -0.2) is 38.1 Å². The van der Waals surface area contributed by atoms with Crippen LogP contribution in [0.25, 0.3) is 6.08 Å². The number of nitrogens with two attached hydrogens (primary N) is 1. The maximum atomic E-state index is 12.7. The minimum absolute atomic E-state index is 0.110. The molecule has 4 N–H and O–H groups in total. The first-order chi connectivity index (χ1) is 14.3. The summed E-state index contributed by atoms with van der Waals surface area (Å²) in [7, 11) is 4.22. The summed E-state index contributed by atoms with van der Waals surface area (Å²) in [6.07, 6.45) is 1.26. The monoisotopic (exact) mass is 416 g/mol. The molecule has 11 nitrogen and oxygen atoms in total. The van der Waals surface area contributed by atoms with Gasteiger partial charge in [-0.1, -0.05) is 12.1 Å². The quantitative estimate of drug-likeness (QED) is 0.192. The topological polar surface area (TPSA) is 155 Å². The van der Waals surface area contributed by atoms with E-state index in [1.165, 1.54) is 63.8 Å². The number of hydrazine groups is 1. The molecule has 0 atom stereocenters. The van der Waals surface area contributed by atoms with E-state index in [1.54, 1.807) is 0 Å². The molecule has 11 heteroatoms. The Bertz CT molecular complexity index is 979. The van der Waals surface area contributed by atoms with Crippen molar-refractivity contribution in [3.05, 3.63) is 63.3 Å². The fourth-order valence-corrected chi connectivity index (χ4v) is 2.54. The summed E-state index contributed by atoms with van der Waals surface area (Å²) in [5.41, 5.74) is 1.94. The van der Waals surface area contributed by atoms with Crippen LogP contribution in [0.3, 0.4) is 0 Å². The lowest BCUT2D eigenvalue weighted by Crippen LogP contribution is -2.38. The first-order valence-corrected chi connectivity index (χ1v) is 8.43. The molecule has 158 valence electrons. The van der Waals surface area contributed by atoms with Crippen molar-refractivity contribution in [3.63, 3.8) is 0 Å². The molecule has 0 bridgehead atoms. The number of nitrogens with zero attached hydrogens (tertiary/aromatic N) is 1. The second kappa shape index (κ2) is 9.89. The Hall–Kier alpha value is -4.12. The summed E-state index contributed by atoms with van der Waals surface area (Å²) in [6, 6.07) is 8.33. The summed E-state index contributed by atoms with van der Waals surface area (Å²) >= 11 is 0. The fourth-order valence-electron chi connectivity index (χ4n) is 2.54. The lowest BCUT2D eigenvalue weighted by molar-refractivity contribution is -0.384. The van der Waals surface area contributed by atoms with E-state index in [1.807, 2.05) is 5.43 Å². The summed E-state index contributed by atoms with van der Waals surface area (Å²) in [5, 5.41) is 13.4. The van der Waals surface area contributed by atoms with Crippen molar-refractivity contribution in [2.45, 2.75) is 0 Å². The van der Waals surface area contributed by atoms with Crippen LogP contribution in [0.1, 0.15) is 15.9 Å². The summed E-state index contributed by atoms with van der Waals surface area (Å²) in [6.45, 7) is 0. The van der Waals surface area contributed by atoms with Gasteiger partial charge in [-0.15, -0.1) is 0 Å². The molecule has 0 fully saturated rings. The van der Waals surface area contributed by atoms with Crippen molar-refractivity contribution in [2.75, 3.05) is 21.3 Å². The van der Waals surface area contributed by atoms with Crippen LogP contribution < -0.4 is 30.8 Å². The molecule has 0 saturated heterocycles. The third kappa shape index (κ3) is 5.02. The number of nitro benzene ring substituents is 1. The van der Waals surface area contributed by atoms with E-state index in [9.17, 15) is 19.7 Å². The first kappa shape index (κ1) is 22.2. The van der Waals surface area contributed by atoms with Gasteiger partial charge in [0.1, 0.15) is 5.70 Å². The van der Waals surface area contributed by atoms with Gasteiger partial charge < -0.3 is 19.5 Å². The molecule has 0 spiro atoms. The number of nitro groups is 1. The number of methoxy groups -OCH3 is 3. The zero-order chi connectivity index (χ0) is 22.3. The Kier molecular flexibility index (Phi) is 7.31. The molecule has 2 rings (SSSR count). The minimum atomic E-state index is -0.803. The molecule has 0 aliphatic heterocycles. The van der Waals surface area contributed by atoms with Gasteiger partial charge in [-0.05, 0) is 23.8 Å². The molecule has 0 radical (unpaired) electrons.